The molecule has 0 aromatic carbocycles. The van der Waals surface area contributed by atoms with Gasteiger partial charge in [0.05, 0.1) is 6.61 Å². The number of nitrogens with zero attached hydrogens (tertiary/aromatic N) is 1. The highest BCUT2D eigenvalue weighted by Crippen LogP contribution is 2.31. The lowest BCUT2D eigenvalue weighted by atomic mass is 9.86. The summed E-state index contributed by atoms with van der Waals surface area (Å²) in [4.78, 5) is 2.65. The summed E-state index contributed by atoms with van der Waals surface area (Å²) < 4.78 is 5.61. The molecule has 3 heteroatoms. The summed E-state index contributed by atoms with van der Waals surface area (Å²) in [6.07, 6.45) is 3.96. The predicted octanol–water partition coefficient (Wildman–Crippen LogP) is 1.34. The fourth-order valence-electron chi connectivity index (χ4n) is 3.21. The van der Waals surface area contributed by atoms with Crippen LogP contribution in [0.1, 0.15) is 26.2 Å². The third-order valence-corrected chi connectivity index (χ3v) is 4.24. The molecule has 2 rings (SSSR count). The third-order valence-electron chi connectivity index (χ3n) is 4.24. The van der Waals surface area contributed by atoms with E-state index >= 15 is 0 Å². The van der Waals surface area contributed by atoms with Gasteiger partial charge < -0.3 is 15.0 Å². The summed E-state index contributed by atoms with van der Waals surface area (Å²) in [6, 6.07) is 0. The van der Waals surface area contributed by atoms with E-state index < -0.39 is 0 Å². The van der Waals surface area contributed by atoms with Gasteiger partial charge in [-0.15, -0.1) is 0 Å². The molecule has 0 saturated carbocycles. The molecule has 1 N–H and O–H groups in total. The van der Waals surface area contributed by atoms with Crippen molar-refractivity contribution in [1.82, 2.24) is 10.2 Å². The van der Waals surface area contributed by atoms with E-state index in [2.05, 4.69) is 24.2 Å². The molecule has 2 heterocycles. The normalized spacial score (nSPS) is 36.0. The quantitative estimate of drug-likeness (QED) is 0.766. The van der Waals surface area contributed by atoms with Gasteiger partial charge in [-0.1, -0.05) is 13.3 Å². The molecule has 2 unspecified atom stereocenters. The Morgan fingerprint density at radius 2 is 2.38 bits per heavy atom. The number of likely N-dealkylation sites (tertiary alicyclic amines) is 1. The van der Waals surface area contributed by atoms with Gasteiger partial charge in [-0.25, -0.2) is 0 Å². The van der Waals surface area contributed by atoms with Crippen molar-refractivity contribution < 1.29 is 4.74 Å². The van der Waals surface area contributed by atoms with Crippen LogP contribution in [0.4, 0.5) is 0 Å². The summed E-state index contributed by atoms with van der Waals surface area (Å²) in [7, 11) is 2.05. The zero-order valence-corrected chi connectivity index (χ0v) is 10.8. The minimum Gasteiger partial charge on any atom is -0.381 e. The Labute approximate surface area is 99.5 Å². The van der Waals surface area contributed by atoms with E-state index in [1.807, 2.05) is 0 Å². The minimum atomic E-state index is 0.386. The lowest BCUT2D eigenvalue weighted by Crippen LogP contribution is -2.43. The van der Waals surface area contributed by atoms with E-state index in [0.29, 0.717) is 5.41 Å². The first-order valence-electron chi connectivity index (χ1n) is 6.73. The van der Waals surface area contributed by atoms with Gasteiger partial charge in [-0.3, -0.25) is 0 Å². The van der Waals surface area contributed by atoms with Gasteiger partial charge in [0.15, 0.2) is 0 Å². The van der Waals surface area contributed by atoms with Crippen molar-refractivity contribution >= 4 is 0 Å². The maximum atomic E-state index is 5.61. The highest BCUT2D eigenvalue weighted by atomic mass is 16.5. The van der Waals surface area contributed by atoms with Gasteiger partial charge in [-0.05, 0) is 32.4 Å². The highest BCUT2D eigenvalue weighted by molar-refractivity contribution is 4.90. The Morgan fingerprint density at radius 3 is 2.94 bits per heavy atom. The Morgan fingerprint density at radius 1 is 1.50 bits per heavy atom. The zero-order chi connectivity index (χ0) is 11.4. The lowest BCUT2D eigenvalue weighted by Gasteiger charge is -2.32. The number of nitrogens with one attached hydrogen (secondary N) is 1. The molecule has 0 bridgehead atoms. The second-order valence-electron chi connectivity index (χ2n) is 5.63. The predicted molar refractivity (Wildman–Crippen MR) is 66.6 cm³/mol. The maximum absolute atomic E-state index is 5.61. The molecule has 0 aliphatic carbocycles. The van der Waals surface area contributed by atoms with Crippen LogP contribution in [0.3, 0.4) is 0 Å². The van der Waals surface area contributed by atoms with Crippen LogP contribution < -0.4 is 5.32 Å². The second kappa shape index (κ2) is 5.48. The fourth-order valence-corrected chi connectivity index (χ4v) is 3.21. The van der Waals surface area contributed by atoms with E-state index in [-0.39, 0.29) is 0 Å². The molecule has 16 heavy (non-hydrogen) atoms. The Kier molecular flexibility index (Phi) is 4.22. The molecule has 0 aromatic rings. The van der Waals surface area contributed by atoms with Gasteiger partial charge in [0.2, 0.25) is 0 Å². The van der Waals surface area contributed by atoms with Crippen molar-refractivity contribution in [2.75, 3.05) is 46.4 Å². The summed E-state index contributed by atoms with van der Waals surface area (Å²) in [5.74, 6) is 0.939. The topological polar surface area (TPSA) is 24.5 Å². The van der Waals surface area contributed by atoms with Crippen molar-refractivity contribution in [3.05, 3.63) is 0 Å². The summed E-state index contributed by atoms with van der Waals surface area (Å²) in [6.45, 7) is 9.14. The van der Waals surface area contributed by atoms with E-state index in [0.717, 1.165) is 25.7 Å². The molecule has 3 nitrogen and oxygen atoms in total. The molecule has 2 aliphatic rings. The van der Waals surface area contributed by atoms with Crippen LogP contribution in [0.5, 0.6) is 0 Å². The molecular formula is C13H26N2O. The van der Waals surface area contributed by atoms with Gasteiger partial charge in [0.25, 0.3) is 0 Å². The Bertz CT molecular complexity index is 214. The molecule has 2 aliphatic heterocycles. The van der Waals surface area contributed by atoms with Crippen molar-refractivity contribution in [2.45, 2.75) is 26.2 Å². The SMILES string of the molecule is CCC1CCN(CC2(CNC)CCOC2)C1. The summed E-state index contributed by atoms with van der Waals surface area (Å²) in [5.41, 5.74) is 0.386. The summed E-state index contributed by atoms with van der Waals surface area (Å²) in [5, 5.41) is 3.34. The molecular weight excluding hydrogens is 200 g/mol. The van der Waals surface area contributed by atoms with Gasteiger partial charge in [-0.2, -0.15) is 0 Å². The lowest BCUT2D eigenvalue weighted by molar-refractivity contribution is 0.118. The Balaban J connectivity index is 1.86. The highest BCUT2D eigenvalue weighted by Gasteiger charge is 2.37. The number of hydrogen-bond donors (Lipinski definition) is 1. The van der Waals surface area contributed by atoms with Crippen molar-refractivity contribution in [2.24, 2.45) is 11.3 Å². The number of ether oxygens (including phenoxy) is 1. The first-order chi connectivity index (χ1) is 7.78. The van der Waals surface area contributed by atoms with Crippen LogP contribution >= 0.6 is 0 Å². The third kappa shape index (κ3) is 2.76. The minimum absolute atomic E-state index is 0.386. The molecule has 2 fully saturated rings. The molecule has 2 atom stereocenters. The number of rotatable bonds is 5. The van der Waals surface area contributed by atoms with Gasteiger partial charge >= 0.3 is 0 Å². The van der Waals surface area contributed by atoms with Crippen LogP contribution in [-0.4, -0.2) is 51.3 Å². The van der Waals surface area contributed by atoms with E-state index in [1.54, 1.807) is 0 Å². The molecule has 0 amide bonds. The molecule has 0 spiro atoms. The molecule has 2 saturated heterocycles. The molecule has 0 radical (unpaired) electrons. The van der Waals surface area contributed by atoms with Crippen LogP contribution in [0.15, 0.2) is 0 Å². The van der Waals surface area contributed by atoms with Crippen molar-refractivity contribution in [3.63, 3.8) is 0 Å². The average molecular weight is 226 g/mol. The van der Waals surface area contributed by atoms with Crippen molar-refractivity contribution in [3.8, 4) is 0 Å². The first kappa shape index (κ1) is 12.3. The molecule has 94 valence electrons. The van der Waals surface area contributed by atoms with Crippen molar-refractivity contribution in [1.29, 1.82) is 0 Å². The largest absolute Gasteiger partial charge is 0.381 e. The van der Waals surface area contributed by atoms with Gasteiger partial charge in [0.1, 0.15) is 0 Å². The van der Waals surface area contributed by atoms with Crippen LogP contribution in [0.2, 0.25) is 0 Å². The summed E-state index contributed by atoms with van der Waals surface area (Å²) >= 11 is 0. The van der Waals surface area contributed by atoms with E-state index in [1.165, 1.54) is 38.9 Å². The maximum Gasteiger partial charge on any atom is 0.0547 e. The van der Waals surface area contributed by atoms with Gasteiger partial charge in [0, 0.05) is 31.7 Å². The number of hydrogen-bond acceptors (Lipinski definition) is 3. The van der Waals surface area contributed by atoms with E-state index in [4.69, 9.17) is 4.74 Å². The van der Waals surface area contributed by atoms with Crippen LogP contribution in [0.25, 0.3) is 0 Å². The average Bonchev–Trinajstić information content (AvgIpc) is 2.89. The second-order valence-corrected chi connectivity index (χ2v) is 5.63. The first-order valence-corrected chi connectivity index (χ1v) is 6.73. The van der Waals surface area contributed by atoms with E-state index in [9.17, 15) is 0 Å². The molecule has 0 aromatic heterocycles. The Hall–Kier alpha value is -0.120. The van der Waals surface area contributed by atoms with Crippen LogP contribution in [-0.2, 0) is 4.74 Å². The van der Waals surface area contributed by atoms with Crippen LogP contribution in [0, 0.1) is 11.3 Å². The monoisotopic (exact) mass is 226 g/mol. The zero-order valence-electron chi connectivity index (χ0n) is 10.8. The smallest absolute Gasteiger partial charge is 0.0547 e. The standard InChI is InChI=1S/C13H26N2O/c1-3-12-4-6-15(8-12)10-13(9-14-2)5-7-16-11-13/h12,14H,3-11H2,1-2H3. The fraction of sp³-hybridized carbons (Fsp3) is 1.00.